The first kappa shape index (κ1) is 32.8. The fourth-order valence-electron chi connectivity index (χ4n) is 9.64. The molecule has 5 heteroatoms. The monoisotopic (exact) mass is 746 g/mol. The minimum Gasteiger partial charge on any atom is -0.438 e. The number of aliphatic imine (C=N–C) groups is 1. The van der Waals surface area contributed by atoms with Crippen molar-refractivity contribution in [1.82, 2.24) is 14.5 Å². The number of nitrogens with one attached hydrogen (secondary N) is 1. The molecule has 0 atom stereocenters. The number of allylic oxidation sites excluding steroid dienone is 3. The Kier molecular flexibility index (Phi) is 7.27. The number of rotatable bonds is 4. The van der Waals surface area contributed by atoms with E-state index >= 15 is 0 Å². The van der Waals surface area contributed by atoms with Crippen molar-refractivity contribution in [3.05, 3.63) is 192 Å². The number of hydrogen-bond acceptors (Lipinski definition) is 3. The zero-order chi connectivity index (χ0) is 38.3. The quantitative estimate of drug-likeness (QED) is 0.195. The number of hydrogen-bond donors (Lipinski definition) is 1. The molecule has 5 nitrogen and oxygen atoms in total. The van der Waals surface area contributed by atoms with E-state index in [9.17, 15) is 0 Å². The molecule has 276 valence electrons. The Morgan fingerprint density at radius 3 is 2.19 bits per heavy atom. The Morgan fingerprint density at radius 2 is 1.38 bits per heavy atom. The summed E-state index contributed by atoms with van der Waals surface area (Å²) in [5, 5.41) is 11.7. The van der Waals surface area contributed by atoms with Crippen LogP contribution in [0, 0.1) is 0 Å². The van der Waals surface area contributed by atoms with Crippen LogP contribution in [0.5, 0.6) is 0 Å². The van der Waals surface area contributed by atoms with Gasteiger partial charge in [0.2, 0.25) is 5.88 Å². The summed E-state index contributed by atoms with van der Waals surface area (Å²) >= 11 is 0. The van der Waals surface area contributed by atoms with Crippen LogP contribution in [-0.4, -0.2) is 21.5 Å². The van der Waals surface area contributed by atoms with E-state index in [1.165, 1.54) is 65.6 Å². The van der Waals surface area contributed by atoms with Crippen LogP contribution < -0.4 is 5.32 Å². The Bertz CT molecular complexity index is 3460. The van der Waals surface area contributed by atoms with Crippen LogP contribution >= 0.6 is 0 Å². The van der Waals surface area contributed by atoms with Crippen LogP contribution in [0.2, 0.25) is 0 Å². The highest BCUT2D eigenvalue weighted by Gasteiger charge is 2.30. The first-order chi connectivity index (χ1) is 28.7. The molecule has 0 radical (unpaired) electrons. The van der Waals surface area contributed by atoms with Crippen molar-refractivity contribution in [1.29, 1.82) is 0 Å². The van der Waals surface area contributed by atoms with Crippen molar-refractivity contribution >= 4 is 88.2 Å². The van der Waals surface area contributed by atoms with Crippen LogP contribution in [0.4, 0.5) is 5.88 Å². The zero-order valence-corrected chi connectivity index (χ0v) is 32.0. The number of furan rings is 1. The summed E-state index contributed by atoms with van der Waals surface area (Å²) < 4.78 is 11.8. The molecule has 0 unspecified atom stereocenters. The third-order valence-electron chi connectivity index (χ3n) is 12.2. The van der Waals surface area contributed by atoms with Gasteiger partial charge < -0.3 is 14.3 Å². The van der Waals surface area contributed by atoms with Crippen LogP contribution in [-0.2, 0) is 0 Å². The number of fused-ring (bicyclic) bond motifs is 10. The van der Waals surface area contributed by atoms with Crippen molar-refractivity contribution in [2.45, 2.75) is 19.8 Å². The number of nitrogens with zero attached hydrogens (tertiary/aromatic N) is 3. The molecule has 7 aromatic carbocycles. The predicted molar refractivity (Wildman–Crippen MR) is 242 cm³/mol. The molecule has 12 rings (SSSR count). The van der Waals surface area contributed by atoms with Crippen LogP contribution in [0.15, 0.2) is 185 Å². The maximum atomic E-state index is 6.96. The van der Waals surface area contributed by atoms with Crippen LogP contribution in [0.25, 0.3) is 82.2 Å². The van der Waals surface area contributed by atoms with Gasteiger partial charge in [-0.05, 0) is 106 Å². The van der Waals surface area contributed by atoms with Gasteiger partial charge in [-0.1, -0.05) is 116 Å². The maximum Gasteiger partial charge on any atom is 0.229 e. The van der Waals surface area contributed by atoms with Gasteiger partial charge in [-0.2, -0.15) is 4.99 Å². The van der Waals surface area contributed by atoms with E-state index in [2.05, 4.69) is 185 Å². The summed E-state index contributed by atoms with van der Waals surface area (Å²) in [6, 6.07) is 55.0. The minimum absolute atomic E-state index is 0.644. The lowest BCUT2D eigenvalue weighted by Crippen LogP contribution is -2.12. The van der Waals surface area contributed by atoms with Gasteiger partial charge in [0.05, 0.1) is 27.6 Å². The molecule has 0 spiro atoms. The smallest absolute Gasteiger partial charge is 0.229 e. The predicted octanol–water partition coefficient (Wildman–Crippen LogP) is 13.5. The first-order valence-electron chi connectivity index (χ1n) is 20.2. The molecule has 0 saturated carbocycles. The Hall–Kier alpha value is -7.37. The van der Waals surface area contributed by atoms with Gasteiger partial charge in [0.1, 0.15) is 11.4 Å². The molecule has 0 aliphatic carbocycles. The normalized spacial score (nSPS) is 14.4. The average molecular weight is 747 g/mol. The van der Waals surface area contributed by atoms with Gasteiger partial charge in [0.25, 0.3) is 0 Å². The molecule has 0 bridgehead atoms. The van der Waals surface area contributed by atoms with Gasteiger partial charge in [-0.25, -0.2) is 0 Å². The van der Waals surface area contributed by atoms with E-state index in [0.717, 1.165) is 57.6 Å². The van der Waals surface area contributed by atoms with Crippen LogP contribution in [0.3, 0.4) is 0 Å². The SMILES string of the molecule is CCC1=C(c2cccc3c2c2ccccc2n3-c2ccccc2)c2c(oc3ccc(C4=CCNC=C4)cc23)N=C(n2c3ccccc3c3cc4ccccc4cc32)C1. The van der Waals surface area contributed by atoms with Gasteiger partial charge in [-0.15, -0.1) is 0 Å². The third-order valence-corrected chi connectivity index (χ3v) is 12.2. The number of aromatic nitrogens is 2. The lowest BCUT2D eigenvalue weighted by atomic mass is 9.87. The average Bonchev–Trinajstić information content (AvgIpc) is 3.89. The summed E-state index contributed by atoms with van der Waals surface area (Å²) in [7, 11) is 0. The van der Waals surface area contributed by atoms with Gasteiger partial charge in [0, 0.05) is 45.6 Å². The van der Waals surface area contributed by atoms with E-state index in [4.69, 9.17) is 9.41 Å². The van der Waals surface area contributed by atoms with Crippen molar-refractivity contribution in [3.8, 4) is 5.69 Å². The zero-order valence-electron chi connectivity index (χ0n) is 32.0. The van der Waals surface area contributed by atoms with Crippen molar-refractivity contribution < 1.29 is 4.42 Å². The van der Waals surface area contributed by atoms with Crippen molar-refractivity contribution in [3.63, 3.8) is 0 Å². The number of para-hydroxylation sites is 3. The second kappa shape index (κ2) is 12.8. The van der Waals surface area contributed by atoms with Gasteiger partial charge in [-0.3, -0.25) is 4.57 Å². The minimum atomic E-state index is 0.644. The molecule has 0 amide bonds. The summed E-state index contributed by atoms with van der Waals surface area (Å²) in [6.07, 6.45) is 7.93. The Balaban J connectivity index is 1.19. The summed E-state index contributed by atoms with van der Waals surface area (Å²) in [6.45, 7) is 3.09. The lowest BCUT2D eigenvalue weighted by molar-refractivity contribution is 0.624. The van der Waals surface area contributed by atoms with E-state index in [1.807, 2.05) is 6.20 Å². The van der Waals surface area contributed by atoms with Crippen LogP contribution in [0.1, 0.15) is 36.5 Å². The molecule has 1 N–H and O–H groups in total. The second-order valence-electron chi connectivity index (χ2n) is 15.4. The fraction of sp³-hybridized carbons (Fsp3) is 0.0755. The molecule has 0 fully saturated rings. The highest BCUT2D eigenvalue weighted by Crippen LogP contribution is 2.49. The Morgan fingerprint density at radius 1 is 0.638 bits per heavy atom. The highest BCUT2D eigenvalue weighted by molar-refractivity contribution is 6.21. The van der Waals surface area contributed by atoms with Gasteiger partial charge in [0.15, 0.2) is 0 Å². The molecular formula is C53H38N4O. The maximum absolute atomic E-state index is 6.96. The van der Waals surface area contributed by atoms with E-state index in [0.29, 0.717) is 12.3 Å². The van der Waals surface area contributed by atoms with Crippen molar-refractivity contribution in [2.75, 3.05) is 6.54 Å². The fourth-order valence-corrected chi connectivity index (χ4v) is 9.64. The lowest BCUT2D eigenvalue weighted by Gasteiger charge is -2.17. The van der Waals surface area contributed by atoms with E-state index < -0.39 is 0 Å². The van der Waals surface area contributed by atoms with Gasteiger partial charge >= 0.3 is 0 Å². The molecule has 2 aliphatic heterocycles. The largest absolute Gasteiger partial charge is 0.438 e. The molecule has 5 heterocycles. The second-order valence-corrected chi connectivity index (χ2v) is 15.4. The molecule has 2 aliphatic rings. The molecule has 10 aromatic rings. The van der Waals surface area contributed by atoms with E-state index in [1.54, 1.807) is 0 Å². The topological polar surface area (TPSA) is 47.4 Å². The molecule has 0 saturated heterocycles. The summed E-state index contributed by atoms with van der Waals surface area (Å²) in [5.41, 5.74) is 13.7. The highest BCUT2D eigenvalue weighted by atomic mass is 16.3. The number of benzene rings is 7. The molecule has 58 heavy (non-hydrogen) atoms. The summed E-state index contributed by atoms with van der Waals surface area (Å²) in [5.74, 6) is 1.60. The third kappa shape index (κ3) is 4.86. The Labute approximate surface area is 335 Å². The van der Waals surface area contributed by atoms with E-state index in [-0.39, 0.29) is 0 Å². The summed E-state index contributed by atoms with van der Waals surface area (Å²) in [4.78, 5) is 5.64. The van der Waals surface area contributed by atoms with Crippen molar-refractivity contribution in [2.24, 2.45) is 4.99 Å². The standard InChI is InChI=1S/C53H38N4O/c1-2-33-32-49(57-44-20-10-8-17-39(44)42-29-35-13-6-7-14-36(35)31-47(42)57)55-53-52(43-30-37(23-24-48(43)58-53)34-25-27-54-28-26-34)50(33)41-19-12-22-46-51(41)40-18-9-11-21-45(40)56(46)38-15-4-3-5-16-38/h3-27,29-31,54H,2,28,32H2,1H3. The molecule has 3 aromatic heterocycles. The number of dihydropyridines is 1. The molecular weight excluding hydrogens is 709 g/mol. The first-order valence-corrected chi connectivity index (χ1v) is 20.2.